The van der Waals surface area contributed by atoms with E-state index in [4.69, 9.17) is 5.26 Å². The van der Waals surface area contributed by atoms with Gasteiger partial charge >= 0.3 is 0 Å². The van der Waals surface area contributed by atoms with Crippen molar-refractivity contribution in [2.45, 2.75) is 12.8 Å². The van der Waals surface area contributed by atoms with Gasteiger partial charge in [-0.1, -0.05) is 0 Å². The summed E-state index contributed by atoms with van der Waals surface area (Å²) in [6.45, 7) is 1.01. The van der Waals surface area contributed by atoms with E-state index in [1.807, 2.05) is 12.1 Å². The first-order valence-corrected chi connectivity index (χ1v) is 4.04. The molecule has 0 fully saturated rings. The zero-order valence-corrected chi connectivity index (χ0v) is 6.67. The molecule has 0 aromatic carbocycles. The molecule has 1 aromatic rings. The van der Waals surface area contributed by atoms with Crippen LogP contribution in [0.1, 0.15) is 17.8 Å². The highest BCUT2D eigenvalue weighted by Crippen LogP contribution is 2.19. The molecule has 1 aromatic heterocycles. The second-order valence-corrected chi connectivity index (χ2v) is 2.83. The fourth-order valence-corrected chi connectivity index (χ4v) is 1.39. The van der Waals surface area contributed by atoms with Crippen LogP contribution < -0.4 is 5.32 Å². The highest BCUT2D eigenvalue weighted by atomic mass is 14.9. The van der Waals surface area contributed by atoms with E-state index in [-0.39, 0.29) is 0 Å². The number of anilines is 1. The highest BCUT2D eigenvalue weighted by Gasteiger charge is 2.09. The molecule has 2 heterocycles. The van der Waals surface area contributed by atoms with Crippen molar-refractivity contribution >= 4 is 5.69 Å². The van der Waals surface area contributed by atoms with Crippen molar-refractivity contribution in [2.24, 2.45) is 0 Å². The lowest BCUT2D eigenvalue weighted by atomic mass is 10.1. The van der Waals surface area contributed by atoms with Gasteiger partial charge in [0, 0.05) is 6.54 Å². The predicted molar refractivity (Wildman–Crippen MR) is 45.8 cm³/mol. The van der Waals surface area contributed by atoms with Gasteiger partial charge < -0.3 is 5.32 Å². The second-order valence-electron chi connectivity index (χ2n) is 2.83. The molecule has 0 amide bonds. The smallest absolute Gasteiger partial charge is 0.140 e. The summed E-state index contributed by atoms with van der Waals surface area (Å²) in [5.74, 6) is 0. The van der Waals surface area contributed by atoms with Crippen molar-refractivity contribution in [2.75, 3.05) is 11.9 Å². The third-order valence-corrected chi connectivity index (χ3v) is 1.99. The molecule has 1 N–H and O–H groups in total. The summed E-state index contributed by atoms with van der Waals surface area (Å²) in [7, 11) is 0. The van der Waals surface area contributed by atoms with Crippen LogP contribution in [0.3, 0.4) is 0 Å². The third kappa shape index (κ3) is 1.12. The van der Waals surface area contributed by atoms with Crippen molar-refractivity contribution in [1.29, 1.82) is 5.26 Å². The molecular formula is C9H9N3. The van der Waals surface area contributed by atoms with E-state index < -0.39 is 0 Å². The Hall–Kier alpha value is -1.56. The zero-order chi connectivity index (χ0) is 8.39. The number of nitriles is 1. The topological polar surface area (TPSA) is 48.7 Å². The van der Waals surface area contributed by atoms with Crippen LogP contribution in [0, 0.1) is 11.3 Å². The van der Waals surface area contributed by atoms with Crippen LogP contribution >= 0.6 is 0 Å². The lowest BCUT2D eigenvalue weighted by Crippen LogP contribution is -2.13. The minimum absolute atomic E-state index is 0.512. The predicted octanol–water partition coefficient (Wildman–Crippen LogP) is 1.31. The van der Waals surface area contributed by atoms with Gasteiger partial charge in [0.1, 0.15) is 11.8 Å². The Morgan fingerprint density at radius 3 is 3.25 bits per heavy atom. The maximum Gasteiger partial charge on any atom is 0.140 e. The van der Waals surface area contributed by atoms with Gasteiger partial charge in [-0.25, -0.2) is 4.98 Å². The molecule has 1 aliphatic rings. The van der Waals surface area contributed by atoms with E-state index in [9.17, 15) is 0 Å². The van der Waals surface area contributed by atoms with Gasteiger partial charge in [-0.05, 0) is 25.0 Å². The van der Waals surface area contributed by atoms with Crippen LogP contribution in [0.2, 0.25) is 0 Å². The summed E-state index contributed by atoms with van der Waals surface area (Å²) in [6, 6.07) is 5.72. The summed E-state index contributed by atoms with van der Waals surface area (Å²) in [4.78, 5) is 4.21. The third-order valence-electron chi connectivity index (χ3n) is 1.99. The number of fused-ring (bicyclic) bond motifs is 1. The van der Waals surface area contributed by atoms with E-state index in [0.717, 1.165) is 30.8 Å². The molecule has 0 atom stereocenters. The lowest BCUT2D eigenvalue weighted by molar-refractivity contribution is 0.800. The fraction of sp³-hybridized carbons (Fsp3) is 0.333. The molecule has 0 saturated carbocycles. The number of hydrogen-bond acceptors (Lipinski definition) is 3. The Balaban J connectivity index is 2.44. The maximum absolute atomic E-state index is 8.61. The van der Waals surface area contributed by atoms with Crippen LogP contribution in [-0.4, -0.2) is 11.5 Å². The number of pyridine rings is 1. The first-order valence-electron chi connectivity index (χ1n) is 4.04. The molecule has 3 nitrogen and oxygen atoms in total. The van der Waals surface area contributed by atoms with Crippen molar-refractivity contribution in [3.05, 3.63) is 23.5 Å². The van der Waals surface area contributed by atoms with E-state index in [0.29, 0.717) is 5.69 Å². The molecule has 60 valence electrons. The summed E-state index contributed by atoms with van der Waals surface area (Å²) in [5.41, 5.74) is 2.62. The molecule has 0 bridgehead atoms. The fourth-order valence-electron chi connectivity index (χ4n) is 1.39. The SMILES string of the molecule is N#Cc1ccc2c(n1)CCCN2. The number of hydrogen-bond donors (Lipinski definition) is 1. The Kier molecular flexibility index (Phi) is 1.67. The largest absolute Gasteiger partial charge is 0.384 e. The number of nitrogens with one attached hydrogen (secondary N) is 1. The van der Waals surface area contributed by atoms with Crippen LogP contribution in [0.15, 0.2) is 12.1 Å². The van der Waals surface area contributed by atoms with E-state index in [1.54, 1.807) is 6.07 Å². The van der Waals surface area contributed by atoms with Crippen molar-refractivity contribution < 1.29 is 0 Å². The molecule has 1 aliphatic heterocycles. The van der Waals surface area contributed by atoms with Crippen LogP contribution in [-0.2, 0) is 6.42 Å². The summed E-state index contributed by atoms with van der Waals surface area (Å²) >= 11 is 0. The lowest BCUT2D eigenvalue weighted by Gasteiger charge is -2.16. The molecule has 3 heteroatoms. The molecule has 0 radical (unpaired) electrons. The van der Waals surface area contributed by atoms with Gasteiger partial charge in [0.15, 0.2) is 0 Å². The minimum atomic E-state index is 0.512. The van der Waals surface area contributed by atoms with Crippen molar-refractivity contribution in [3.8, 4) is 6.07 Å². The maximum atomic E-state index is 8.61. The zero-order valence-electron chi connectivity index (χ0n) is 6.67. The van der Waals surface area contributed by atoms with Crippen LogP contribution in [0.25, 0.3) is 0 Å². The number of aryl methyl sites for hydroxylation is 1. The summed E-state index contributed by atoms with van der Waals surface area (Å²) in [6.07, 6.45) is 2.09. The number of rotatable bonds is 0. The first kappa shape index (κ1) is 7.11. The van der Waals surface area contributed by atoms with E-state index in [2.05, 4.69) is 10.3 Å². The molecule has 0 spiro atoms. The van der Waals surface area contributed by atoms with Gasteiger partial charge in [0.2, 0.25) is 0 Å². The Morgan fingerprint density at radius 2 is 2.42 bits per heavy atom. The molecular weight excluding hydrogens is 150 g/mol. The summed E-state index contributed by atoms with van der Waals surface area (Å²) < 4.78 is 0. The molecule has 0 unspecified atom stereocenters. The van der Waals surface area contributed by atoms with Crippen molar-refractivity contribution in [1.82, 2.24) is 4.98 Å². The molecule has 2 rings (SSSR count). The van der Waals surface area contributed by atoms with Crippen molar-refractivity contribution in [3.63, 3.8) is 0 Å². The Morgan fingerprint density at radius 1 is 1.50 bits per heavy atom. The van der Waals surface area contributed by atoms with Crippen LogP contribution in [0.4, 0.5) is 5.69 Å². The van der Waals surface area contributed by atoms with E-state index in [1.165, 1.54) is 0 Å². The number of nitrogens with zero attached hydrogens (tertiary/aromatic N) is 2. The second kappa shape index (κ2) is 2.82. The van der Waals surface area contributed by atoms with Gasteiger partial charge in [0.05, 0.1) is 11.4 Å². The van der Waals surface area contributed by atoms with E-state index >= 15 is 0 Å². The first-order chi connectivity index (χ1) is 5.90. The Labute approximate surface area is 71.0 Å². The normalized spacial score (nSPS) is 14.2. The highest BCUT2D eigenvalue weighted by molar-refractivity contribution is 5.51. The monoisotopic (exact) mass is 159 g/mol. The van der Waals surface area contributed by atoms with Gasteiger partial charge in [0.25, 0.3) is 0 Å². The minimum Gasteiger partial charge on any atom is -0.384 e. The molecule has 0 saturated heterocycles. The summed E-state index contributed by atoms with van der Waals surface area (Å²) in [5, 5.41) is 11.8. The quantitative estimate of drug-likeness (QED) is 0.621. The van der Waals surface area contributed by atoms with Gasteiger partial charge in [-0.2, -0.15) is 5.26 Å². The standard InChI is InChI=1S/C9H9N3/c10-6-7-3-4-8-9(12-7)2-1-5-11-8/h3-4,11H,1-2,5H2. The number of aromatic nitrogens is 1. The average molecular weight is 159 g/mol. The van der Waals surface area contributed by atoms with Crippen LogP contribution in [0.5, 0.6) is 0 Å². The van der Waals surface area contributed by atoms with Gasteiger partial charge in [-0.3, -0.25) is 0 Å². The van der Waals surface area contributed by atoms with Gasteiger partial charge in [-0.15, -0.1) is 0 Å². The molecule has 12 heavy (non-hydrogen) atoms. The molecule has 0 aliphatic carbocycles. The average Bonchev–Trinajstić information content (AvgIpc) is 2.17. The Bertz CT molecular complexity index is 338.